The van der Waals surface area contributed by atoms with Crippen LogP contribution in [0.15, 0.2) is 21.4 Å². The molecule has 35 heavy (non-hydrogen) atoms. The number of fused-ring (bicyclic) bond motifs is 1. The lowest BCUT2D eigenvalue weighted by atomic mass is 9.81. The Labute approximate surface area is 211 Å². The van der Waals surface area contributed by atoms with E-state index in [-0.39, 0.29) is 23.4 Å². The second-order valence-corrected chi connectivity index (χ2v) is 10.4. The van der Waals surface area contributed by atoms with E-state index in [1.165, 1.54) is 4.90 Å². The fourth-order valence-corrected chi connectivity index (χ4v) is 5.71. The molecule has 0 radical (unpaired) electrons. The molecule has 0 bridgehead atoms. The highest BCUT2D eigenvalue weighted by Crippen LogP contribution is 2.51. The molecular weight excluding hydrogens is 518 g/mol. The Hall–Kier alpha value is -3.01. The number of benzene rings is 1. The molecule has 0 saturated heterocycles. The Bertz CT molecular complexity index is 1250. The summed E-state index contributed by atoms with van der Waals surface area (Å²) in [5.41, 5.74) is 2.44. The van der Waals surface area contributed by atoms with Gasteiger partial charge in [0.25, 0.3) is 17.3 Å². The summed E-state index contributed by atoms with van der Waals surface area (Å²) in [5.74, 6) is -0.162. The Kier molecular flexibility index (Phi) is 6.61. The van der Waals surface area contributed by atoms with Crippen LogP contribution in [0, 0.1) is 26.7 Å². The molecule has 10 heteroatoms. The normalized spacial score (nSPS) is 23.1. The van der Waals surface area contributed by atoms with Crippen molar-refractivity contribution in [3.05, 3.63) is 49.3 Å². The first-order valence-electron chi connectivity index (χ1n) is 11.6. The number of hydrogen-bond donors (Lipinski definition) is 3. The van der Waals surface area contributed by atoms with Crippen LogP contribution in [-0.4, -0.2) is 41.0 Å². The van der Waals surface area contributed by atoms with Crippen molar-refractivity contribution in [3.63, 3.8) is 0 Å². The molecule has 1 aliphatic heterocycles. The van der Waals surface area contributed by atoms with Crippen molar-refractivity contribution in [2.45, 2.75) is 65.2 Å². The van der Waals surface area contributed by atoms with Crippen molar-refractivity contribution in [3.8, 4) is 11.5 Å². The average molecular weight is 548 g/mol. The van der Waals surface area contributed by atoms with Crippen LogP contribution in [0.3, 0.4) is 0 Å². The molecule has 3 N–H and O–H groups in total. The molecule has 9 nitrogen and oxygen atoms in total. The fourth-order valence-electron chi connectivity index (χ4n) is 5.22. The second-order valence-electron chi connectivity index (χ2n) is 9.58. The summed E-state index contributed by atoms with van der Waals surface area (Å²) >= 11 is 3.54. The average Bonchev–Trinajstić information content (AvgIpc) is 3.15. The van der Waals surface area contributed by atoms with Crippen LogP contribution in [0.25, 0.3) is 0 Å². The first-order chi connectivity index (χ1) is 16.4. The van der Waals surface area contributed by atoms with Gasteiger partial charge in [-0.05, 0) is 80.1 Å². The molecule has 1 fully saturated rings. The van der Waals surface area contributed by atoms with Crippen LogP contribution in [0.4, 0.5) is 10.5 Å². The van der Waals surface area contributed by atoms with Gasteiger partial charge in [0, 0.05) is 42.8 Å². The number of nitrogens with zero attached hydrogens (tertiary/aromatic N) is 1. The summed E-state index contributed by atoms with van der Waals surface area (Å²) in [7, 11) is 1.58. The molecule has 0 spiro atoms. The van der Waals surface area contributed by atoms with Crippen molar-refractivity contribution >= 4 is 33.6 Å². The van der Waals surface area contributed by atoms with Gasteiger partial charge in [-0.25, -0.2) is 4.79 Å². The van der Waals surface area contributed by atoms with E-state index in [1.54, 1.807) is 33.9 Å². The molecular formula is C25H30BrN3O6. The van der Waals surface area contributed by atoms with Gasteiger partial charge in [0.15, 0.2) is 11.5 Å². The van der Waals surface area contributed by atoms with Crippen molar-refractivity contribution in [2.75, 3.05) is 11.9 Å². The SMILES string of the molecule is Cc1cc(C)c(N(C)C(=O)c2cc(Br)c3c(c2C)OC(C)(C2CCC(NC(=O)O)CC2)O3)c(=O)[nH]1. The van der Waals surface area contributed by atoms with Crippen LogP contribution < -0.4 is 25.2 Å². The number of nitrogens with one attached hydrogen (secondary N) is 2. The first kappa shape index (κ1) is 25.1. The Morgan fingerprint density at radius 2 is 1.77 bits per heavy atom. The smallest absolute Gasteiger partial charge is 0.404 e. The number of aromatic amines is 1. The maximum atomic E-state index is 13.5. The molecule has 1 unspecified atom stereocenters. The van der Waals surface area contributed by atoms with Crippen LogP contribution in [-0.2, 0) is 0 Å². The summed E-state index contributed by atoms with van der Waals surface area (Å²) < 4.78 is 13.3. The molecule has 1 aromatic carbocycles. The van der Waals surface area contributed by atoms with E-state index in [2.05, 4.69) is 26.2 Å². The van der Waals surface area contributed by atoms with E-state index in [1.807, 2.05) is 13.0 Å². The minimum absolute atomic E-state index is 0.0589. The third kappa shape index (κ3) is 4.63. The molecule has 2 amide bonds. The number of aromatic nitrogens is 1. The highest BCUT2D eigenvalue weighted by Gasteiger charge is 2.47. The van der Waals surface area contributed by atoms with Crippen LogP contribution in [0.1, 0.15) is 59.8 Å². The van der Waals surface area contributed by atoms with Gasteiger partial charge >= 0.3 is 6.09 Å². The summed E-state index contributed by atoms with van der Waals surface area (Å²) in [6.45, 7) is 7.29. The molecule has 4 rings (SSSR count). The Balaban J connectivity index is 1.59. The zero-order valence-electron chi connectivity index (χ0n) is 20.5. The van der Waals surface area contributed by atoms with Gasteiger partial charge < -0.3 is 29.8 Å². The standard InChI is InChI=1S/C25H30BrN3O6/c1-12-10-13(2)27-22(30)19(12)29(5)23(31)17-11-18(26)21-20(14(17)3)34-25(4,35-21)15-6-8-16(9-7-15)28-24(32)33/h10-11,15-16,28H,6-9H2,1-5H3,(H,27,30)(H,32,33). The molecule has 1 aliphatic carbocycles. The monoisotopic (exact) mass is 547 g/mol. The fraction of sp³-hybridized carbons (Fsp3) is 0.480. The molecule has 2 heterocycles. The predicted molar refractivity (Wildman–Crippen MR) is 135 cm³/mol. The lowest BCUT2D eigenvalue weighted by Crippen LogP contribution is -2.47. The van der Waals surface area contributed by atoms with Crippen LogP contribution in [0.5, 0.6) is 11.5 Å². The summed E-state index contributed by atoms with van der Waals surface area (Å²) in [5, 5.41) is 11.5. The molecule has 2 aliphatic rings. The highest BCUT2D eigenvalue weighted by atomic mass is 79.9. The van der Waals surface area contributed by atoms with E-state index in [9.17, 15) is 14.4 Å². The Morgan fingerprint density at radius 3 is 2.37 bits per heavy atom. The number of pyridine rings is 1. The lowest BCUT2D eigenvalue weighted by molar-refractivity contribution is -0.121. The number of aryl methyl sites for hydroxylation is 2. The van der Waals surface area contributed by atoms with E-state index < -0.39 is 11.9 Å². The van der Waals surface area contributed by atoms with Crippen molar-refractivity contribution in [1.82, 2.24) is 10.3 Å². The minimum Gasteiger partial charge on any atom is -0.465 e. The third-order valence-corrected chi connectivity index (χ3v) is 7.64. The number of H-pyrrole nitrogens is 1. The van der Waals surface area contributed by atoms with Gasteiger partial charge in [-0.1, -0.05) is 0 Å². The van der Waals surface area contributed by atoms with Gasteiger partial charge in [-0.15, -0.1) is 0 Å². The van der Waals surface area contributed by atoms with Crippen molar-refractivity contribution in [2.24, 2.45) is 5.92 Å². The lowest BCUT2D eigenvalue weighted by Gasteiger charge is -2.37. The van der Waals surface area contributed by atoms with Gasteiger partial charge in [-0.3, -0.25) is 9.59 Å². The molecule has 1 aromatic heterocycles. The number of amides is 2. The molecule has 1 atom stereocenters. The first-order valence-corrected chi connectivity index (χ1v) is 12.4. The number of hydrogen-bond acceptors (Lipinski definition) is 5. The topological polar surface area (TPSA) is 121 Å². The van der Waals surface area contributed by atoms with Crippen LogP contribution in [0.2, 0.25) is 0 Å². The van der Waals surface area contributed by atoms with Crippen LogP contribution >= 0.6 is 15.9 Å². The number of carbonyl (C=O) groups is 2. The van der Waals surface area contributed by atoms with Gasteiger partial charge in [0.05, 0.1) is 4.47 Å². The number of carbonyl (C=O) groups excluding carboxylic acids is 1. The zero-order valence-corrected chi connectivity index (χ0v) is 22.0. The summed E-state index contributed by atoms with van der Waals surface area (Å²) in [6.07, 6.45) is 1.89. The third-order valence-electron chi connectivity index (χ3n) is 7.05. The number of anilines is 1. The van der Waals surface area contributed by atoms with Crippen molar-refractivity contribution < 1.29 is 24.2 Å². The summed E-state index contributed by atoms with van der Waals surface area (Å²) in [4.78, 5) is 41.1. The number of carboxylic acid groups (broad SMARTS) is 1. The van der Waals surface area contributed by atoms with Gasteiger partial charge in [0.1, 0.15) is 5.69 Å². The second kappa shape index (κ2) is 9.22. The number of rotatable bonds is 4. The predicted octanol–water partition coefficient (Wildman–Crippen LogP) is 4.65. The van der Waals surface area contributed by atoms with E-state index in [4.69, 9.17) is 14.6 Å². The van der Waals surface area contributed by atoms with E-state index in [0.717, 1.165) is 18.5 Å². The maximum Gasteiger partial charge on any atom is 0.404 e. The molecule has 2 aromatic rings. The summed E-state index contributed by atoms with van der Waals surface area (Å²) in [6, 6.07) is 3.46. The minimum atomic E-state index is -1.01. The van der Waals surface area contributed by atoms with E-state index in [0.29, 0.717) is 51.2 Å². The molecule has 1 saturated carbocycles. The van der Waals surface area contributed by atoms with Crippen molar-refractivity contribution in [1.29, 1.82) is 0 Å². The number of ether oxygens (including phenoxy) is 2. The van der Waals surface area contributed by atoms with E-state index >= 15 is 0 Å². The quantitative estimate of drug-likeness (QED) is 0.512. The largest absolute Gasteiger partial charge is 0.465 e. The highest BCUT2D eigenvalue weighted by molar-refractivity contribution is 9.10. The molecule has 188 valence electrons. The Morgan fingerprint density at radius 1 is 1.14 bits per heavy atom. The van der Waals surface area contributed by atoms with Gasteiger partial charge in [0.2, 0.25) is 0 Å². The number of halogens is 1. The maximum absolute atomic E-state index is 13.5. The van der Waals surface area contributed by atoms with Gasteiger partial charge in [-0.2, -0.15) is 0 Å². The zero-order chi connectivity index (χ0) is 25.7.